The van der Waals surface area contributed by atoms with E-state index in [4.69, 9.17) is 5.11 Å². The van der Waals surface area contributed by atoms with Crippen molar-refractivity contribution >= 4 is 0 Å². The van der Waals surface area contributed by atoms with Crippen LogP contribution in [-0.4, -0.2) is 20.1 Å². The molecule has 0 fully saturated rings. The molecule has 1 N–H and O–H groups in total. The van der Waals surface area contributed by atoms with Crippen LogP contribution in [0.4, 0.5) is 0 Å². The molecule has 1 rings (SSSR count). The van der Waals surface area contributed by atoms with Gasteiger partial charge in [-0.25, -0.2) is 4.68 Å². The zero-order chi connectivity index (χ0) is 10.4. The highest BCUT2D eigenvalue weighted by Crippen LogP contribution is 2.18. The molecule has 80 valence electrons. The normalized spacial score (nSPS) is 11.1. The van der Waals surface area contributed by atoms with Gasteiger partial charge in [-0.05, 0) is 12.8 Å². The van der Waals surface area contributed by atoms with Gasteiger partial charge < -0.3 is 5.11 Å². The van der Waals surface area contributed by atoms with Crippen molar-refractivity contribution in [3.63, 3.8) is 0 Å². The first-order chi connectivity index (χ1) is 6.81. The fourth-order valence-corrected chi connectivity index (χ4v) is 1.64. The van der Waals surface area contributed by atoms with E-state index in [1.165, 1.54) is 0 Å². The van der Waals surface area contributed by atoms with Crippen LogP contribution in [0.15, 0.2) is 6.20 Å². The monoisotopic (exact) mass is 197 g/mol. The van der Waals surface area contributed by atoms with Crippen molar-refractivity contribution < 1.29 is 5.11 Å². The molecule has 0 radical (unpaired) electrons. The number of nitrogens with zero attached hydrogens (tertiary/aromatic N) is 3. The molecule has 4 nitrogen and oxygen atoms in total. The lowest BCUT2D eigenvalue weighted by Crippen LogP contribution is -2.09. The summed E-state index contributed by atoms with van der Waals surface area (Å²) in [7, 11) is 0. The zero-order valence-electron chi connectivity index (χ0n) is 8.98. The summed E-state index contributed by atoms with van der Waals surface area (Å²) < 4.78 is 1.89. The first kappa shape index (κ1) is 11.2. The zero-order valence-corrected chi connectivity index (χ0v) is 8.98. The van der Waals surface area contributed by atoms with Crippen LogP contribution in [0.2, 0.25) is 0 Å². The van der Waals surface area contributed by atoms with Crippen LogP contribution in [0.3, 0.4) is 0 Å². The molecule has 0 saturated carbocycles. The molecule has 0 aromatic carbocycles. The van der Waals surface area contributed by atoms with Crippen molar-refractivity contribution in [2.24, 2.45) is 0 Å². The fraction of sp³-hybridized carbons (Fsp3) is 0.800. The summed E-state index contributed by atoms with van der Waals surface area (Å²) in [5.74, 6) is 0. The average molecular weight is 197 g/mol. The van der Waals surface area contributed by atoms with Gasteiger partial charge >= 0.3 is 0 Å². The van der Waals surface area contributed by atoms with Gasteiger partial charge in [-0.15, -0.1) is 5.10 Å². The van der Waals surface area contributed by atoms with Crippen molar-refractivity contribution in [2.45, 2.75) is 52.2 Å². The van der Waals surface area contributed by atoms with Gasteiger partial charge in [-0.1, -0.05) is 31.9 Å². The van der Waals surface area contributed by atoms with E-state index in [1.54, 1.807) is 0 Å². The number of rotatable bonds is 6. The van der Waals surface area contributed by atoms with Gasteiger partial charge in [0.05, 0.1) is 18.8 Å². The van der Waals surface area contributed by atoms with Gasteiger partial charge in [0.15, 0.2) is 0 Å². The number of hydrogen-bond donors (Lipinski definition) is 1. The third-order valence-corrected chi connectivity index (χ3v) is 2.34. The van der Waals surface area contributed by atoms with E-state index in [0.29, 0.717) is 11.7 Å². The Labute approximate surface area is 84.9 Å². The quantitative estimate of drug-likeness (QED) is 0.758. The van der Waals surface area contributed by atoms with E-state index in [0.717, 1.165) is 25.7 Å². The summed E-state index contributed by atoms with van der Waals surface area (Å²) in [6.45, 7) is 4.32. The molecular formula is C10H19N3O. The van der Waals surface area contributed by atoms with E-state index < -0.39 is 0 Å². The predicted molar refractivity (Wildman–Crippen MR) is 54.8 cm³/mol. The lowest BCUT2D eigenvalue weighted by molar-refractivity contribution is 0.276. The predicted octanol–water partition coefficient (Wildman–Crippen LogP) is 1.91. The first-order valence-electron chi connectivity index (χ1n) is 5.33. The Balaban J connectivity index is 2.65. The summed E-state index contributed by atoms with van der Waals surface area (Å²) in [6, 6.07) is 0.442. The Morgan fingerprint density at radius 3 is 2.43 bits per heavy atom. The van der Waals surface area contributed by atoms with Crippen LogP contribution in [0.25, 0.3) is 0 Å². The van der Waals surface area contributed by atoms with Crippen LogP contribution in [0.1, 0.15) is 51.3 Å². The van der Waals surface area contributed by atoms with Crippen molar-refractivity contribution in [1.82, 2.24) is 15.0 Å². The van der Waals surface area contributed by atoms with Gasteiger partial charge in [-0.3, -0.25) is 0 Å². The van der Waals surface area contributed by atoms with Crippen molar-refractivity contribution in [1.29, 1.82) is 0 Å². The fourth-order valence-electron chi connectivity index (χ4n) is 1.64. The maximum atomic E-state index is 8.88. The minimum Gasteiger partial charge on any atom is -0.390 e. The van der Waals surface area contributed by atoms with Crippen LogP contribution < -0.4 is 0 Å². The van der Waals surface area contributed by atoms with Gasteiger partial charge in [0.2, 0.25) is 0 Å². The SMILES string of the molecule is CCCC(CCC)n1cc(CO)nn1. The van der Waals surface area contributed by atoms with E-state index in [9.17, 15) is 0 Å². The Morgan fingerprint density at radius 1 is 1.36 bits per heavy atom. The Kier molecular flexibility index (Phi) is 4.59. The van der Waals surface area contributed by atoms with Crippen molar-refractivity contribution in [2.75, 3.05) is 0 Å². The molecule has 0 saturated heterocycles. The van der Waals surface area contributed by atoms with E-state index in [1.807, 2.05) is 10.9 Å². The number of hydrogen-bond acceptors (Lipinski definition) is 3. The maximum Gasteiger partial charge on any atom is 0.108 e. The van der Waals surface area contributed by atoms with Gasteiger partial charge in [0.25, 0.3) is 0 Å². The highest BCUT2D eigenvalue weighted by Gasteiger charge is 2.10. The van der Waals surface area contributed by atoms with Crippen LogP contribution in [0.5, 0.6) is 0 Å². The van der Waals surface area contributed by atoms with Gasteiger partial charge in [0, 0.05) is 0 Å². The molecule has 0 bridgehead atoms. The number of aliphatic hydroxyl groups excluding tert-OH is 1. The van der Waals surface area contributed by atoms with Crippen LogP contribution >= 0.6 is 0 Å². The van der Waals surface area contributed by atoms with E-state index in [2.05, 4.69) is 24.2 Å². The van der Waals surface area contributed by atoms with Crippen molar-refractivity contribution in [3.8, 4) is 0 Å². The molecule has 1 aromatic rings. The summed E-state index contributed by atoms with van der Waals surface area (Å²) in [4.78, 5) is 0. The van der Waals surface area contributed by atoms with Crippen LogP contribution in [0, 0.1) is 0 Å². The molecular weight excluding hydrogens is 178 g/mol. The second-order valence-electron chi connectivity index (χ2n) is 3.58. The Morgan fingerprint density at radius 2 is 2.00 bits per heavy atom. The third-order valence-electron chi connectivity index (χ3n) is 2.34. The highest BCUT2D eigenvalue weighted by molar-refractivity contribution is 4.90. The molecule has 0 amide bonds. The van der Waals surface area contributed by atoms with Gasteiger partial charge in [0.1, 0.15) is 5.69 Å². The van der Waals surface area contributed by atoms with E-state index >= 15 is 0 Å². The molecule has 14 heavy (non-hydrogen) atoms. The molecule has 0 aliphatic carbocycles. The summed E-state index contributed by atoms with van der Waals surface area (Å²) in [6.07, 6.45) is 6.40. The lowest BCUT2D eigenvalue weighted by atomic mass is 10.1. The second kappa shape index (κ2) is 5.75. The smallest absolute Gasteiger partial charge is 0.108 e. The molecule has 0 aliphatic rings. The molecule has 0 aliphatic heterocycles. The van der Waals surface area contributed by atoms with Crippen LogP contribution in [-0.2, 0) is 6.61 Å². The Hall–Kier alpha value is -0.900. The molecule has 1 aromatic heterocycles. The second-order valence-corrected chi connectivity index (χ2v) is 3.58. The minimum atomic E-state index is -0.0228. The highest BCUT2D eigenvalue weighted by atomic mass is 16.3. The number of aliphatic hydroxyl groups is 1. The molecule has 4 heteroatoms. The standard InChI is InChI=1S/C10H19N3O/c1-3-5-10(6-4-2)13-7-9(8-14)11-12-13/h7,10,14H,3-6,8H2,1-2H3. The van der Waals surface area contributed by atoms with Gasteiger partial charge in [-0.2, -0.15) is 0 Å². The Bertz CT molecular complexity index is 254. The summed E-state index contributed by atoms with van der Waals surface area (Å²) in [5.41, 5.74) is 0.655. The summed E-state index contributed by atoms with van der Waals surface area (Å²) >= 11 is 0. The number of aromatic nitrogens is 3. The molecule has 0 unspecified atom stereocenters. The first-order valence-corrected chi connectivity index (χ1v) is 5.33. The minimum absolute atomic E-state index is 0.0228. The maximum absolute atomic E-state index is 8.88. The topological polar surface area (TPSA) is 50.9 Å². The molecule has 1 heterocycles. The lowest BCUT2D eigenvalue weighted by Gasteiger charge is -2.14. The largest absolute Gasteiger partial charge is 0.390 e. The van der Waals surface area contributed by atoms with E-state index in [-0.39, 0.29) is 6.61 Å². The third kappa shape index (κ3) is 2.80. The molecule has 0 spiro atoms. The molecule has 0 atom stereocenters. The summed E-state index contributed by atoms with van der Waals surface area (Å²) in [5, 5.41) is 16.8. The van der Waals surface area contributed by atoms with Crippen molar-refractivity contribution in [3.05, 3.63) is 11.9 Å². The average Bonchev–Trinajstić information content (AvgIpc) is 2.65.